The van der Waals surface area contributed by atoms with E-state index in [0.29, 0.717) is 0 Å². The van der Waals surface area contributed by atoms with E-state index in [9.17, 15) is 0 Å². The maximum Gasteiger partial charge on any atom is 0.112 e. The summed E-state index contributed by atoms with van der Waals surface area (Å²) in [6.07, 6.45) is 6.63. The first-order valence-electron chi connectivity index (χ1n) is 8.16. The molecule has 0 saturated carbocycles. The Labute approximate surface area is 127 Å². The van der Waals surface area contributed by atoms with Gasteiger partial charge >= 0.3 is 0 Å². The zero-order chi connectivity index (χ0) is 14.5. The molecule has 21 heavy (non-hydrogen) atoms. The van der Waals surface area contributed by atoms with E-state index in [1.54, 1.807) is 0 Å². The van der Waals surface area contributed by atoms with Crippen molar-refractivity contribution in [3.63, 3.8) is 0 Å². The quantitative estimate of drug-likeness (QED) is 0.900. The normalized spacial score (nSPS) is 22.9. The second-order valence-electron chi connectivity index (χ2n) is 5.77. The van der Waals surface area contributed by atoms with Crippen molar-refractivity contribution in [3.05, 3.63) is 47.2 Å². The number of rotatable bonds is 5. The van der Waals surface area contributed by atoms with Crippen LogP contribution in [-0.4, -0.2) is 25.8 Å². The van der Waals surface area contributed by atoms with Crippen LogP contribution in [0.5, 0.6) is 0 Å². The zero-order valence-corrected chi connectivity index (χ0v) is 12.8. The molecular formula is C18H25NO2. The molecule has 0 bridgehead atoms. The maximum atomic E-state index is 6.13. The Kier molecular flexibility index (Phi) is 4.94. The van der Waals surface area contributed by atoms with Crippen molar-refractivity contribution in [2.75, 3.05) is 19.8 Å². The molecule has 0 aromatic heterocycles. The monoisotopic (exact) mass is 287 g/mol. The molecule has 1 aromatic rings. The highest BCUT2D eigenvalue weighted by molar-refractivity contribution is 5.33. The van der Waals surface area contributed by atoms with E-state index in [-0.39, 0.29) is 12.1 Å². The van der Waals surface area contributed by atoms with Crippen LogP contribution >= 0.6 is 0 Å². The van der Waals surface area contributed by atoms with E-state index >= 15 is 0 Å². The lowest BCUT2D eigenvalue weighted by Gasteiger charge is -2.35. The zero-order valence-electron chi connectivity index (χ0n) is 12.8. The molecule has 3 nitrogen and oxygen atoms in total. The molecule has 2 atom stereocenters. The topological polar surface area (TPSA) is 30.5 Å². The number of ether oxygens (including phenoxy) is 2. The Balaban J connectivity index is 1.87. The van der Waals surface area contributed by atoms with Crippen LogP contribution in [-0.2, 0) is 15.9 Å². The first-order chi connectivity index (χ1) is 10.4. The molecule has 114 valence electrons. The molecule has 0 radical (unpaired) electrons. The van der Waals surface area contributed by atoms with Crippen molar-refractivity contribution in [1.29, 1.82) is 0 Å². The van der Waals surface area contributed by atoms with Crippen LogP contribution in [0.3, 0.4) is 0 Å². The summed E-state index contributed by atoms with van der Waals surface area (Å²) in [6.45, 7) is 4.78. The minimum Gasteiger partial charge on any atom is -0.496 e. The molecule has 0 saturated heterocycles. The summed E-state index contributed by atoms with van der Waals surface area (Å²) in [5.41, 5.74) is 2.72. The van der Waals surface area contributed by atoms with Crippen LogP contribution in [0.25, 0.3) is 0 Å². The van der Waals surface area contributed by atoms with Gasteiger partial charge in [-0.15, -0.1) is 0 Å². The largest absolute Gasteiger partial charge is 0.496 e. The van der Waals surface area contributed by atoms with E-state index in [0.717, 1.165) is 51.2 Å². The smallest absolute Gasteiger partial charge is 0.112 e. The summed E-state index contributed by atoms with van der Waals surface area (Å²) in [4.78, 5) is 0. The fourth-order valence-corrected chi connectivity index (χ4v) is 3.15. The summed E-state index contributed by atoms with van der Waals surface area (Å²) in [7, 11) is 0. The fraction of sp³-hybridized carbons (Fsp3) is 0.556. The lowest BCUT2D eigenvalue weighted by Crippen LogP contribution is -2.41. The van der Waals surface area contributed by atoms with Crippen LogP contribution in [0.2, 0.25) is 0 Å². The molecule has 0 spiro atoms. The van der Waals surface area contributed by atoms with Crippen molar-refractivity contribution in [2.24, 2.45) is 0 Å². The molecule has 1 N–H and O–H groups in total. The van der Waals surface area contributed by atoms with Gasteiger partial charge in [-0.2, -0.15) is 0 Å². The molecule has 0 fully saturated rings. The van der Waals surface area contributed by atoms with E-state index in [1.165, 1.54) is 11.1 Å². The van der Waals surface area contributed by atoms with Crippen LogP contribution in [0.1, 0.15) is 43.4 Å². The molecule has 2 aliphatic rings. The lowest BCUT2D eigenvalue weighted by molar-refractivity contribution is 0.00625. The van der Waals surface area contributed by atoms with Crippen molar-refractivity contribution in [1.82, 2.24) is 5.32 Å². The second kappa shape index (κ2) is 7.10. The van der Waals surface area contributed by atoms with Crippen LogP contribution in [0.4, 0.5) is 0 Å². The number of hydrogen-bond acceptors (Lipinski definition) is 3. The van der Waals surface area contributed by atoms with Gasteiger partial charge in [-0.05, 0) is 49.4 Å². The molecule has 1 aromatic carbocycles. The predicted molar refractivity (Wildman–Crippen MR) is 84.2 cm³/mol. The van der Waals surface area contributed by atoms with E-state index in [4.69, 9.17) is 9.47 Å². The predicted octanol–water partition coefficient (Wildman–Crippen LogP) is 3.36. The molecule has 2 heterocycles. The highest BCUT2D eigenvalue weighted by Crippen LogP contribution is 2.33. The Bertz CT molecular complexity index is 498. The Morgan fingerprint density at radius 2 is 2.19 bits per heavy atom. The highest BCUT2D eigenvalue weighted by atomic mass is 16.5. The SMILES string of the molecule is CCCNC(C1=CCCCO1)C1OCCc2ccccc21. The van der Waals surface area contributed by atoms with Crippen molar-refractivity contribution in [2.45, 2.75) is 44.8 Å². The first kappa shape index (κ1) is 14.6. The lowest BCUT2D eigenvalue weighted by atomic mass is 9.91. The number of benzene rings is 1. The second-order valence-corrected chi connectivity index (χ2v) is 5.77. The molecule has 3 rings (SSSR count). The Morgan fingerprint density at radius 3 is 3.00 bits per heavy atom. The van der Waals surface area contributed by atoms with Crippen molar-refractivity contribution in [3.8, 4) is 0 Å². The molecular weight excluding hydrogens is 262 g/mol. The minimum atomic E-state index is 0.0610. The Hall–Kier alpha value is -1.32. The third-order valence-electron chi connectivity index (χ3n) is 4.22. The maximum absolute atomic E-state index is 6.13. The van der Waals surface area contributed by atoms with Gasteiger partial charge in [-0.25, -0.2) is 0 Å². The average molecular weight is 287 g/mol. The number of allylic oxidation sites excluding steroid dienone is 1. The van der Waals surface area contributed by atoms with Gasteiger partial charge in [-0.3, -0.25) is 0 Å². The average Bonchev–Trinajstić information content (AvgIpc) is 2.56. The van der Waals surface area contributed by atoms with Gasteiger partial charge in [0.1, 0.15) is 11.9 Å². The summed E-state index contributed by atoms with van der Waals surface area (Å²) in [5, 5.41) is 3.63. The molecule has 0 amide bonds. The third kappa shape index (κ3) is 3.30. The molecule has 2 unspecified atom stereocenters. The highest BCUT2D eigenvalue weighted by Gasteiger charge is 2.32. The first-order valence-corrected chi connectivity index (χ1v) is 8.16. The number of fused-ring (bicyclic) bond motifs is 1. The number of hydrogen-bond donors (Lipinski definition) is 1. The number of nitrogens with one attached hydrogen (secondary N) is 1. The summed E-state index contributed by atoms with van der Waals surface area (Å²) in [6, 6.07) is 8.77. The van der Waals surface area contributed by atoms with Gasteiger partial charge < -0.3 is 14.8 Å². The van der Waals surface area contributed by atoms with E-state index < -0.39 is 0 Å². The van der Waals surface area contributed by atoms with Crippen molar-refractivity contribution >= 4 is 0 Å². The van der Waals surface area contributed by atoms with E-state index in [2.05, 4.69) is 42.6 Å². The van der Waals surface area contributed by atoms with Crippen LogP contribution in [0, 0.1) is 0 Å². The standard InChI is InChI=1S/C18H25NO2/c1-2-11-19-17(16-9-5-6-12-20-16)18-15-8-4-3-7-14(15)10-13-21-18/h3-4,7-9,17-19H,2,5-6,10-13H2,1H3. The third-order valence-corrected chi connectivity index (χ3v) is 4.22. The summed E-state index contributed by atoms with van der Waals surface area (Å²) in [5.74, 6) is 1.07. The Morgan fingerprint density at radius 1 is 1.29 bits per heavy atom. The van der Waals surface area contributed by atoms with Gasteiger partial charge in [-0.1, -0.05) is 31.2 Å². The molecule has 0 aliphatic carbocycles. The van der Waals surface area contributed by atoms with Gasteiger partial charge in [0, 0.05) is 0 Å². The fourth-order valence-electron chi connectivity index (χ4n) is 3.15. The van der Waals surface area contributed by atoms with E-state index in [1.807, 2.05) is 0 Å². The minimum absolute atomic E-state index is 0.0610. The van der Waals surface area contributed by atoms with Gasteiger partial charge in [0.05, 0.1) is 19.3 Å². The molecule has 3 heteroatoms. The van der Waals surface area contributed by atoms with Gasteiger partial charge in [0.15, 0.2) is 0 Å². The van der Waals surface area contributed by atoms with Gasteiger partial charge in [0.2, 0.25) is 0 Å². The summed E-state index contributed by atoms with van der Waals surface area (Å²) < 4.78 is 12.1. The summed E-state index contributed by atoms with van der Waals surface area (Å²) >= 11 is 0. The van der Waals surface area contributed by atoms with Crippen LogP contribution in [0.15, 0.2) is 36.1 Å². The van der Waals surface area contributed by atoms with Gasteiger partial charge in [0.25, 0.3) is 0 Å². The molecule has 2 aliphatic heterocycles. The van der Waals surface area contributed by atoms with Crippen molar-refractivity contribution < 1.29 is 9.47 Å². The van der Waals surface area contributed by atoms with Crippen LogP contribution < -0.4 is 5.32 Å².